The minimum Gasteiger partial charge on any atom is -0.255 e. The SMILES string of the molecule is CC(C)c1ccc(C#N)cc1.OO. The standard InChI is InChI=1S/C10H11N.H2O2/c1-8(2)10-5-3-9(7-11)4-6-10;1-2/h3-6,8H,1-2H3;1-2H. The average molecular weight is 179 g/mol. The molecule has 0 atom stereocenters. The fraction of sp³-hybridized carbons (Fsp3) is 0.300. The number of benzene rings is 1. The lowest BCUT2D eigenvalue weighted by molar-refractivity contribution is -0.176. The van der Waals surface area contributed by atoms with Crippen molar-refractivity contribution in [2.24, 2.45) is 0 Å². The Morgan fingerprint density at radius 3 is 1.92 bits per heavy atom. The van der Waals surface area contributed by atoms with Gasteiger partial charge in [-0.2, -0.15) is 5.26 Å². The van der Waals surface area contributed by atoms with Gasteiger partial charge in [0.05, 0.1) is 11.6 Å². The molecule has 0 radical (unpaired) electrons. The fourth-order valence-corrected chi connectivity index (χ4v) is 0.943. The predicted octanol–water partition coefficient (Wildman–Crippen LogP) is 2.70. The lowest BCUT2D eigenvalue weighted by Crippen LogP contribution is -1.85. The van der Waals surface area contributed by atoms with Crippen molar-refractivity contribution in [3.63, 3.8) is 0 Å². The topological polar surface area (TPSA) is 64.2 Å². The van der Waals surface area contributed by atoms with Crippen LogP contribution in [0.4, 0.5) is 0 Å². The predicted molar refractivity (Wildman–Crippen MR) is 50.5 cm³/mol. The molecule has 0 aliphatic carbocycles. The molecule has 0 fully saturated rings. The summed E-state index contributed by atoms with van der Waals surface area (Å²) in [6.07, 6.45) is 0. The van der Waals surface area contributed by atoms with Crippen LogP contribution < -0.4 is 0 Å². The minimum atomic E-state index is 0.544. The van der Waals surface area contributed by atoms with Crippen LogP contribution >= 0.6 is 0 Å². The Hall–Kier alpha value is -1.37. The zero-order valence-electron chi connectivity index (χ0n) is 7.73. The lowest BCUT2D eigenvalue weighted by Gasteiger charge is -2.02. The molecule has 0 spiro atoms. The first-order chi connectivity index (χ1) is 6.24. The highest BCUT2D eigenvalue weighted by molar-refractivity contribution is 5.32. The van der Waals surface area contributed by atoms with Crippen LogP contribution in [0.5, 0.6) is 0 Å². The number of nitrogens with zero attached hydrogens (tertiary/aromatic N) is 1. The van der Waals surface area contributed by atoms with Gasteiger partial charge in [0, 0.05) is 0 Å². The van der Waals surface area contributed by atoms with Gasteiger partial charge in [-0.1, -0.05) is 26.0 Å². The van der Waals surface area contributed by atoms with Crippen molar-refractivity contribution in [2.75, 3.05) is 0 Å². The van der Waals surface area contributed by atoms with E-state index in [2.05, 4.69) is 19.9 Å². The van der Waals surface area contributed by atoms with E-state index in [0.29, 0.717) is 5.92 Å². The van der Waals surface area contributed by atoms with Crippen molar-refractivity contribution in [3.8, 4) is 6.07 Å². The first-order valence-electron chi connectivity index (χ1n) is 3.94. The molecule has 0 saturated heterocycles. The van der Waals surface area contributed by atoms with Gasteiger partial charge >= 0.3 is 0 Å². The van der Waals surface area contributed by atoms with Gasteiger partial charge in [-0.3, -0.25) is 10.5 Å². The van der Waals surface area contributed by atoms with E-state index in [1.807, 2.05) is 24.3 Å². The highest BCUT2D eigenvalue weighted by Gasteiger charge is 1.96. The first kappa shape index (κ1) is 11.6. The largest absolute Gasteiger partial charge is 0.255 e. The van der Waals surface area contributed by atoms with Crippen LogP contribution in [0.3, 0.4) is 0 Å². The summed E-state index contributed by atoms with van der Waals surface area (Å²) in [6.45, 7) is 4.28. The van der Waals surface area contributed by atoms with E-state index in [-0.39, 0.29) is 0 Å². The molecule has 0 aromatic heterocycles. The highest BCUT2D eigenvalue weighted by atomic mass is 17.0. The van der Waals surface area contributed by atoms with E-state index in [1.165, 1.54) is 5.56 Å². The van der Waals surface area contributed by atoms with Crippen molar-refractivity contribution in [1.82, 2.24) is 0 Å². The second kappa shape index (κ2) is 6.18. The molecule has 2 N–H and O–H groups in total. The first-order valence-corrected chi connectivity index (χ1v) is 3.94. The zero-order valence-corrected chi connectivity index (χ0v) is 7.73. The Balaban J connectivity index is 0.000000671. The summed E-state index contributed by atoms with van der Waals surface area (Å²) in [5, 5.41) is 20.5. The van der Waals surface area contributed by atoms with Gasteiger partial charge in [0.2, 0.25) is 0 Å². The summed E-state index contributed by atoms with van der Waals surface area (Å²) in [5.41, 5.74) is 2.01. The second-order valence-electron chi connectivity index (χ2n) is 2.89. The number of hydrogen-bond donors (Lipinski definition) is 2. The van der Waals surface area contributed by atoms with Crippen LogP contribution in [0.15, 0.2) is 24.3 Å². The van der Waals surface area contributed by atoms with Gasteiger partial charge in [0.25, 0.3) is 0 Å². The maximum atomic E-state index is 8.52. The third-order valence-corrected chi connectivity index (χ3v) is 1.71. The van der Waals surface area contributed by atoms with Crippen LogP contribution in [0.25, 0.3) is 0 Å². The summed E-state index contributed by atoms with van der Waals surface area (Å²) in [4.78, 5) is 0. The molecular formula is C10H13NO2. The molecule has 0 amide bonds. The van der Waals surface area contributed by atoms with Gasteiger partial charge < -0.3 is 0 Å². The average Bonchev–Trinajstić information content (AvgIpc) is 2.21. The molecule has 70 valence electrons. The Bertz CT molecular complexity index is 272. The molecule has 3 heteroatoms. The molecule has 0 aliphatic heterocycles. The smallest absolute Gasteiger partial charge is 0.0991 e. The van der Waals surface area contributed by atoms with Crippen molar-refractivity contribution in [1.29, 1.82) is 5.26 Å². The van der Waals surface area contributed by atoms with Crippen LogP contribution in [-0.4, -0.2) is 10.5 Å². The van der Waals surface area contributed by atoms with Crippen molar-refractivity contribution >= 4 is 0 Å². The normalized spacial score (nSPS) is 8.62. The van der Waals surface area contributed by atoms with Gasteiger partial charge in [-0.15, -0.1) is 0 Å². The molecular weight excluding hydrogens is 166 g/mol. The third kappa shape index (κ3) is 3.70. The third-order valence-electron chi connectivity index (χ3n) is 1.71. The molecule has 0 aliphatic rings. The Labute approximate surface area is 77.8 Å². The van der Waals surface area contributed by atoms with Crippen molar-refractivity contribution in [3.05, 3.63) is 35.4 Å². The van der Waals surface area contributed by atoms with E-state index in [0.717, 1.165) is 5.56 Å². The Morgan fingerprint density at radius 1 is 1.15 bits per heavy atom. The number of hydrogen-bond acceptors (Lipinski definition) is 3. The quantitative estimate of drug-likeness (QED) is 0.514. The van der Waals surface area contributed by atoms with Gasteiger partial charge in [0.15, 0.2) is 0 Å². The molecule has 1 aromatic carbocycles. The van der Waals surface area contributed by atoms with E-state index in [4.69, 9.17) is 15.8 Å². The highest BCUT2D eigenvalue weighted by Crippen LogP contribution is 2.13. The van der Waals surface area contributed by atoms with Crippen LogP contribution in [-0.2, 0) is 0 Å². The maximum Gasteiger partial charge on any atom is 0.0991 e. The van der Waals surface area contributed by atoms with Crippen LogP contribution in [0.1, 0.15) is 30.9 Å². The summed E-state index contributed by atoms with van der Waals surface area (Å²) in [6, 6.07) is 9.81. The molecule has 3 nitrogen and oxygen atoms in total. The molecule has 1 aromatic rings. The molecule has 13 heavy (non-hydrogen) atoms. The molecule has 0 unspecified atom stereocenters. The Kier molecular flexibility index (Phi) is 5.53. The zero-order chi connectivity index (χ0) is 10.3. The lowest BCUT2D eigenvalue weighted by atomic mass is 10.0. The number of rotatable bonds is 1. The van der Waals surface area contributed by atoms with E-state index in [9.17, 15) is 0 Å². The van der Waals surface area contributed by atoms with Crippen molar-refractivity contribution < 1.29 is 10.5 Å². The Morgan fingerprint density at radius 2 is 1.62 bits per heavy atom. The van der Waals surface area contributed by atoms with Gasteiger partial charge in [0.1, 0.15) is 0 Å². The monoisotopic (exact) mass is 179 g/mol. The molecule has 0 heterocycles. The maximum absolute atomic E-state index is 8.52. The van der Waals surface area contributed by atoms with Gasteiger partial charge in [-0.05, 0) is 23.6 Å². The van der Waals surface area contributed by atoms with Crippen molar-refractivity contribution in [2.45, 2.75) is 19.8 Å². The van der Waals surface area contributed by atoms with E-state index >= 15 is 0 Å². The summed E-state index contributed by atoms with van der Waals surface area (Å²) in [5.74, 6) is 0.544. The van der Waals surface area contributed by atoms with E-state index in [1.54, 1.807) is 0 Å². The van der Waals surface area contributed by atoms with E-state index < -0.39 is 0 Å². The van der Waals surface area contributed by atoms with Crippen LogP contribution in [0, 0.1) is 11.3 Å². The molecule has 1 rings (SSSR count). The van der Waals surface area contributed by atoms with Crippen LogP contribution in [0.2, 0.25) is 0 Å². The second-order valence-corrected chi connectivity index (χ2v) is 2.89. The molecule has 0 saturated carbocycles. The molecule has 0 bridgehead atoms. The minimum absolute atomic E-state index is 0.544. The summed E-state index contributed by atoms with van der Waals surface area (Å²) in [7, 11) is 0. The summed E-state index contributed by atoms with van der Waals surface area (Å²) < 4.78 is 0. The fourth-order valence-electron chi connectivity index (χ4n) is 0.943. The number of nitriles is 1. The van der Waals surface area contributed by atoms with Gasteiger partial charge in [-0.25, -0.2) is 0 Å². The summed E-state index contributed by atoms with van der Waals surface area (Å²) >= 11 is 0.